The minimum Gasteiger partial charge on any atom is -0.369 e. The van der Waals surface area contributed by atoms with Crippen LogP contribution in [0.4, 0.5) is 18.0 Å². The highest BCUT2D eigenvalue weighted by Crippen LogP contribution is 2.36. The van der Waals surface area contributed by atoms with E-state index in [0.717, 1.165) is 12.1 Å². The standard InChI is InChI=1S/C18H19F3N4O2S/c19-18(20,21)12-4-2-11(3-5-12)13-9-28-14(24-13)8-17(15(22)26)6-1-7-25(10-17)16(23)27/h2-5,9H,1,6-8,10H2,(H2,22,26)(H2,23,27). The van der Waals surface area contributed by atoms with E-state index >= 15 is 0 Å². The molecule has 0 spiro atoms. The summed E-state index contributed by atoms with van der Waals surface area (Å²) in [5, 5.41) is 2.35. The first-order valence-corrected chi connectivity index (χ1v) is 9.45. The van der Waals surface area contributed by atoms with Gasteiger partial charge in [-0.2, -0.15) is 13.2 Å². The molecule has 1 atom stereocenters. The van der Waals surface area contributed by atoms with Crippen molar-refractivity contribution in [2.45, 2.75) is 25.4 Å². The number of benzene rings is 1. The lowest BCUT2D eigenvalue weighted by Gasteiger charge is -2.39. The molecule has 6 nitrogen and oxygen atoms in total. The van der Waals surface area contributed by atoms with Crippen molar-refractivity contribution in [3.63, 3.8) is 0 Å². The molecular formula is C18H19F3N4O2S. The van der Waals surface area contributed by atoms with E-state index in [1.807, 2.05) is 0 Å². The Morgan fingerprint density at radius 1 is 1.21 bits per heavy atom. The molecule has 2 aromatic rings. The monoisotopic (exact) mass is 412 g/mol. The number of likely N-dealkylation sites (tertiary alicyclic amines) is 1. The number of piperidine rings is 1. The Labute approximate surface area is 163 Å². The van der Waals surface area contributed by atoms with E-state index in [2.05, 4.69) is 4.98 Å². The fourth-order valence-electron chi connectivity index (χ4n) is 3.40. The molecule has 4 N–H and O–H groups in total. The van der Waals surface area contributed by atoms with Crippen molar-refractivity contribution in [3.8, 4) is 11.3 Å². The van der Waals surface area contributed by atoms with Crippen LogP contribution in [0.15, 0.2) is 29.6 Å². The topological polar surface area (TPSA) is 102 Å². The number of carbonyl (C=O) groups excluding carboxylic acids is 2. The Morgan fingerprint density at radius 3 is 2.46 bits per heavy atom. The summed E-state index contributed by atoms with van der Waals surface area (Å²) in [4.78, 5) is 29.5. The summed E-state index contributed by atoms with van der Waals surface area (Å²) in [7, 11) is 0. The van der Waals surface area contributed by atoms with Crippen LogP contribution in [0.3, 0.4) is 0 Å². The average Bonchev–Trinajstić information content (AvgIpc) is 3.09. The van der Waals surface area contributed by atoms with E-state index in [4.69, 9.17) is 11.5 Å². The Kier molecular flexibility index (Phi) is 5.33. The maximum Gasteiger partial charge on any atom is 0.416 e. The number of urea groups is 1. The van der Waals surface area contributed by atoms with Crippen LogP contribution < -0.4 is 11.5 Å². The molecule has 3 amide bonds. The third-order valence-corrected chi connectivity index (χ3v) is 5.81. The van der Waals surface area contributed by atoms with Crippen LogP contribution in [0, 0.1) is 5.41 Å². The first-order valence-electron chi connectivity index (χ1n) is 8.57. The number of amides is 3. The molecule has 1 saturated heterocycles. The van der Waals surface area contributed by atoms with Crippen molar-refractivity contribution in [2.24, 2.45) is 16.9 Å². The van der Waals surface area contributed by atoms with Crippen LogP contribution in [-0.2, 0) is 17.4 Å². The smallest absolute Gasteiger partial charge is 0.369 e. The number of nitrogens with zero attached hydrogens (tertiary/aromatic N) is 2. The number of aromatic nitrogens is 1. The van der Waals surface area contributed by atoms with Crippen LogP contribution in [0.1, 0.15) is 23.4 Å². The number of thiazole rings is 1. The molecule has 1 aliphatic heterocycles. The van der Waals surface area contributed by atoms with E-state index in [1.165, 1.54) is 28.4 Å². The second kappa shape index (κ2) is 7.42. The van der Waals surface area contributed by atoms with Crippen LogP contribution in [0.25, 0.3) is 11.3 Å². The zero-order valence-electron chi connectivity index (χ0n) is 14.8. The number of nitrogens with two attached hydrogens (primary N) is 2. The van der Waals surface area contributed by atoms with Gasteiger partial charge < -0.3 is 16.4 Å². The van der Waals surface area contributed by atoms with Gasteiger partial charge in [0.15, 0.2) is 0 Å². The Balaban J connectivity index is 1.81. The van der Waals surface area contributed by atoms with E-state index in [9.17, 15) is 22.8 Å². The van der Waals surface area contributed by atoms with Crippen molar-refractivity contribution in [3.05, 3.63) is 40.2 Å². The van der Waals surface area contributed by atoms with Gasteiger partial charge in [-0.1, -0.05) is 12.1 Å². The SMILES string of the molecule is NC(=O)N1CCCC(Cc2nc(-c3ccc(C(F)(F)F)cc3)cs2)(C(N)=O)C1. The van der Waals surface area contributed by atoms with Gasteiger partial charge in [0.05, 0.1) is 21.7 Å². The summed E-state index contributed by atoms with van der Waals surface area (Å²) in [6.45, 7) is 0.603. The van der Waals surface area contributed by atoms with Gasteiger partial charge in [-0.15, -0.1) is 11.3 Å². The summed E-state index contributed by atoms with van der Waals surface area (Å²) < 4.78 is 38.1. The van der Waals surface area contributed by atoms with Crippen LogP contribution in [0.2, 0.25) is 0 Å². The molecule has 0 aliphatic carbocycles. The lowest BCUT2D eigenvalue weighted by molar-refractivity contribution is -0.137. The van der Waals surface area contributed by atoms with E-state index in [-0.39, 0.29) is 13.0 Å². The number of rotatable bonds is 4. The highest BCUT2D eigenvalue weighted by atomic mass is 32.1. The molecule has 0 radical (unpaired) electrons. The van der Waals surface area contributed by atoms with Gasteiger partial charge in [0, 0.05) is 30.5 Å². The number of carbonyl (C=O) groups is 2. The molecule has 1 aromatic heterocycles. The number of hydrogen-bond donors (Lipinski definition) is 2. The number of primary amides is 2. The second-order valence-electron chi connectivity index (χ2n) is 6.89. The molecule has 2 heterocycles. The maximum absolute atomic E-state index is 12.7. The van der Waals surface area contributed by atoms with E-state index < -0.39 is 29.1 Å². The van der Waals surface area contributed by atoms with Crippen molar-refractivity contribution in [2.75, 3.05) is 13.1 Å². The normalized spacial score (nSPS) is 20.2. The Hall–Kier alpha value is -2.62. The summed E-state index contributed by atoms with van der Waals surface area (Å²) in [5.41, 5.74) is 10.4. The summed E-state index contributed by atoms with van der Waals surface area (Å²) in [6, 6.07) is 4.13. The Morgan fingerprint density at radius 2 is 1.89 bits per heavy atom. The van der Waals surface area contributed by atoms with Gasteiger partial charge in [0.2, 0.25) is 5.91 Å². The molecular weight excluding hydrogens is 393 g/mol. The average molecular weight is 412 g/mol. The third kappa shape index (κ3) is 4.11. The predicted octanol–water partition coefficient (Wildman–Crippen LogP) is 3.02. The number of halogens is 3. The van der Waals surface area contributed by atoms with Crippen LogP contribution in [0.5, 0.6) is 0 Å². The molecule has 1 unspecified atom stereocenters. The minimum atomic E-state index is -4.40. The summed E-state index contributed by atoms with van der Waals surface area (Å²) >= 11 is 1.30. The van der Waals surface area contributed by atoms with Gasteiger partial charge in [0.25, 0.3) is 0 Å². The van der Waals surface area contributed by atoms with E-state index in [1.54, 1.807) is 5.38 Å². The largest absolute Gasteiger partial charge is 0.416 e. The fourth-order valence-corrected chi connectivity index (χ4v) is 4.34. The molecule has 1 fully saturated rings. The van der Waals surface area contributed by atoms with E-state index in [0.29, 0.717) is 35.7 Å². The molecule has 1 aliphatic rings. The van der Waals surface area contributed by atoms with Crippen LogP contribution in [-0.4, -0.2) is 34.9 Å². The lowest BCUT2D eigenvalue weighted by atomic mass is 9.76. The Bertz CT molecular complexity index is 882. The van der Waals surface area contributed by atoms with Crippen molar-refractivity contribution < 1.29 is 22.8 Å². The van der Waals surface area contributed by atoms with Crippen molar-refractivity contribution in [1.82, 2.24) is 9.88 Å². The number of hydrogen-bond acceptors (Lipinski definition) is 4. The molecule has 1 aromatic carbocycles. The molecule has 3 rings (SSSR count). The first kappa shape index (κ1) is 20.1. The molecule has 10 heteroatoms. The summed E-state index contributed by atoms with van der Waals surface area (Å²) in [5.74, 6) is -0.523. The third-order valence-electron chi connectivity index (χ3n) is 4.96. The summed E-state index contributed by atoms with van der Waals surface area (Å²) in [6.07, 6.45) is -3.03. The predicted molar refractivity (Wildman–Crippen MR) is 98.3 cm³/mol. The number of alkyl halides is 3. The second-order valence-corrected chi connectivity index (χ2v) is 7.83. The van der Waals surface area contributed by atoms with Crippen LogP contribution >= 0.6 is 11.3 Å². The highest BCUT2D eigenvalue weighted by Gasteiger charge is 2.42. The molecule has 28 heavy (non-hydrogen) atoms. The minimum absolute atomic E-state index is 0.132. The zero-order chi connectivity index (χ0) is 20.5. The maximum atomic E-state index is 12.7. The van der Waals surface area contributed by atoms with Gasteiger partial charge in [-0.3, -0.25) is 4.79 Å². The highest BCUT2D eigenvalue weighted by molar-refractivity contribution is 7.10. The van der Waals surface area contributed by atoms with Gasteiger partial charge in [-0.05, 0) is 25.0 Å². The first-order chi connectivity index (χ1) is 13.1. The van der Waals surface area contributed by atoms with Gasteiger partial charge in [-0.25, -0.2) is 9.78 Å². The fraction of sp³-hybridized carbons (Fsp3) is 0.389. The van der Waals surface area contributed by atoms with Gasteiger partial charge in [0.1, 0.15) is 0 Å². The molecule has 0 saturated carbocycles. The zero-order valence-corrected chi connectivity index (χ0v) is 15.6. The van der Waals surface area contributed by atoms with Crippen molar-refractivity contribution in [1.29, 1.82) is 0 Å². The van der Waals surface area contributed by atoms with Gasteiger partial charge >= 0.3 is 12.2 Å². The molecule has 0 bridgehead atoms. The quantitative estimate of drug-likeness (QED) is 0.807. The molecule has 150 valence electrons. The van der Waals surface area contributed by atoms with Crippen molar-refractivity contribution >= 4 is 23.3 Å². The lowest BCUT2D eigenvalue weighted by Crippen LogP contribution is -2.54.